The van der Waals surface area contributed by atoms with E-state index in [1.807, 2.05) is 9.80 Å². The third-order valence-electron chi connectivity index (χ3n) is 5.89. The van der Waals surface area contributed by atoms with E-state index in [1.165, 1.54) is 14.9 Å². The molecule has 0 N–H and O–H groups in total. The summed E-state index contributed by atoms with van der Waals surface area (Å²) in [5, 5.41) is 11.7. The summed E-state index contributed by atoms with van der Waals surface area (Å²) >= 11 is 0. The van der Waals surface area contributed by atoms with E-state index in [9.17, 15) is 18.5 Å². The Labute approximate surface area is 190 Å². The lowest BCUT2D eigenvalue weighted by atomic mass is 10.3. The van der Waals surface area contributed by atoms with Crippen LogP contribution in [0.4, 0.5) is 17.5 Å². The van der Waals surface area contributed by atoms with Crippen LogP contribution in [-0.4, -0.2) is 84.5 Å². The second-order valence-electron chi connectivity index (χ2n) is 7.79. The molecular formula is C20H23N7O5S. The molecule has 0 aliphatic carbocycles. The number of imidazole rings is 1. The zero-order valence-corrected chi connectivity index (χ0v) is 18.6. The van der Waals surface area contributed by atoms with Crippen LogP contribution in [0, 0.1) is 10.1 Å². The van der Waals surface area contributed by atoms with E-state index < -0.39 is 14.9 Å². The van der Waals surface area contributed by atoms with Gasteiger partial charge in [0.25, 0.3) is 0 Å². The lowest BCUT2D eigenvalue weighted by Gasteiger charge is -2.35. The Morgan fingerprint density at radius 2 is 1.70 bits per heavy atom. The summed E-state index contributed by atoms with van der Waals surface area (Å²) in [6.45, 7) is 3.66. The van der Waals surface area contributed by atoms with Crippen LogP contribution in [0.15, 0.2) is 47.6 Å². The van der Waals surface area contributed by atoms with Gasteiger partial charge < -0.3 is 24.7 Å². The maximum Gasteiger partial charge on any atom is 0.372 e. The van der Waals surface area contributed by atoms with Crippen LogP contribution in [-0.2, 0) is 14.8 Å². The minimum Gasteiger partial charge on any atom is -0.379 e. The first-order chi connectivity index (χ1) is 15.9. The highest BCUT2D eigenvalue weighted by atomic mass is 32.2. The molecule has 0 saturated carbocycles. The van der Waals surface area contributed by atoms with Gasteiger partial charge in [-0.2, -0.15) is 13.7 Å². The number of hydrogen-bond donors (Lipinski definition) is 0. The molecular weight excluding hydrogens is 450 g/mol. The number of nitro groups is 1. The fourth-order valence-electron chi connectivity index (χ4n) is 4.15. The number of sulfonamides is 1. The van der Waals surface area contributed by atoms with Crippen LogP contribution < -0.4 is 9.80 Å². The number of hydrogen-bond acceptors (Lipinski definition) is 9. The highest BCUT2D eigenvalue weighted by molar-refractivity contribution is 7.89. The van der Waals surface area contributed by atoms with Gasteiger partial charge in [-0.15, -0.1) is 0 Å². The first kappa shape index (κ1) is 21.6. The number of morpholine rings is 1. The lowest BCUT2D eigenvalue weighted by Crippen LogP contribution is -2.47. The molecule has 2 aliphatic rings. The van der Waals surface area contributed by atoms with Crippen molar-refractivity contribution in [1.82, 2.24) is 18.7 Å². The van der Waals surface area contributed by atoms with Crippen molar-refractivity contribution in [2.45, 2.75) is 4.90 Å². The number of fused-ring (bicyclic) bond motifs is 1. The molecule has 2 saturated heterocycles. The average Bonchev–Trinajstić information content (AvgIpc) is 3.25. The standard InChI is InChI=1S/C20H23N7O5S/c28-27(29)20-19(22-18-3-1-2-6-26(18)20)24-9-7-23(8-10-24)17-5-4-16(15-21-17)33(30,31)25-11-13-32-14-12-25/h1-6,15H,7-14H2. The summed E-state index contributed by atoms with van der Waals surface area (Å²) in [6, 6.07) is 8.55. The largest absolute Gasteiger partial charge is 0.379 e. The molecule has 0 aromatic carbocycles. The van der Waals surface area contributed by atoms with E-state index >= 15 is 0 Å². The highest BCUT2D eigenvalue weighted by Crippen LogP contribution is 2.30. The molecule has 3 aromatic heterocycles. The van der Waals surface area contributed by atoms with Crippen LogP contribution >= 0.6 is 0 Å². The number of piperazine rings is 1. The molecule has 0 unspecified atom stereocenters. The Morgan fingerprint density at radius 1 is 0.970 bits per heavy atom. The molecule has 13 heteroatoms. The van der Waals surface area contributed by atoms with Crippen molar-refractivity contribution >= 4 is 33.1 Å². The number of aromatic nitrogens is 3. The third kappa shape index (κ3) is 3.98. The van der Waals surface area contributed by atoms with E-state index in [1.54, 1.807) is 36.5 Å². The molecule has 3 aromatic rings. The summed E-state index contributed by atoms with van der Waals surface area (Å²) in [4.78, 5) is 24.2. The van der Waals surface area contributed by atoms with Crippen molar-refractivity contribution in [3.8, 4) is 0 Å². The van der Waals surface area contributed by atoms with Gasteiger partial charge >= 0.3 is 5.82 Å². The average molecular weight is 474 g/mol. The normalized spacial score (nSPS) is 18.1. The van der Waals surface area contributed by atoms with E-state index in [0.29, 0.717) is 69.8 Å². The molecule has 0 amide bonds. The molecule has 2 fully saturated rings. The summed E-state index contributed by atoms with van der Waals surface area (Å²) in [5.74, 6) is 0.973. The highest BCUT2D eigenvalue weighted by Gasteiger charge is 2.30. The predicted molar refractivity (Wildman–Crippen MR) is 120 cm³/mol. The van der Waals surface area contributed by atoms with E-state index in [-0.39, 0.29) is 10.7 Å². The first-order valence-corrected chi connectivity index (χ1v) is 12.0. The minimum absolute atomic E-state index is 0.0464. The number of anilines is 2. The van der Waals surface area contributed by atoms with E-state index in [2.05, 4.69) is 9.97 Å². The quantitative estimate of drug-likeness (QED) is 0.394. The summed E-state index contributed by atoms with van der Waals surface area (Å²) in [5.41, 5.74) is 0.528. The first-order valence-electron chi connectivity index (χ1n) is 10.6. The van der Waals surface area contributed by atoms with Crippen molar-refractivity contribution in [2.75, 3.05) is 62.3 Å². The third-order valence-corrected chi connectivity index (χ3v) is 7.77. The van der Waals surface area contributed by atoms with Crippen LogP contribution in [0.5, 0.6) is 0 Å². The lowest BCUT2D eigenvalue weighted by molar-refractivity contribution is -0.389. The van der Waals surface area contributed by atoms with Gasteiger partial charge in [0, 0.05) is 51.5 Å². The van der Waals surface area contributed by atoms with Crippen molar-refractivity contribution in [3.05, 3.63) is 52.8 Å². The van der Waals surface area contributed by atoms with Crippen molar-refractivity contribution in [2.24, 2.45) is 0 Å². The summed E-state index contributed by atoms with van der Waals surface area (Å²) in [7, 11) is -3.59. The SMILES string of the molecule is O=[N+]([O-])c1c(N2CCN(c3ccc(S(=O)(=O)N4CCOCC4)cn3)CC2)nc2ccccn12. The topological polar surface area (TPSA) is 126 Å². The van der Waals surface area contributed by atoms with Crippen LogP contribution in [0.3, 0.4) is 0 Å². The van der Waals surface area contributed by atoms with Gasteiger partial charge in [-0.1, -0.05) is 6.07 Å². The molecule has 2 aliphatic heterocycles. The molecule has 0 radical (unpaired) electrons. The maximum absolute atomic E-state index is 12.8. The molecule has 5 rings (SSSR count). The predicted octanol–water partition coefficient (Wildman–Crippen LogP) is 0.985. The number of pyridine rings is 2. The van der Waals surface area contributed by atoms with Crippen molar-refractivity contribution in [3.63, 3.8) is 0 Å². The zero-order chi connectivity index (χ0) is 23.0. The van der Waals surface area contributed by atoms with Crippen LogP contribution in [0.2, 0.25) is 0 Å². The smallest absolute Gasteiger partial charge is 0.372 e. The number of ether oxygens (including phenoxy) is 1. The van der Waals surface area contributed by atoms with Gasteiger partial charge in [-0.05, 0) is 23.1 Å². The maximum atomic E-state index is 12.8. The molecule has 174 valence electrons. The molecule has 5 heterocycles. The van der Waals surface area contributed by atoms with Crippen LogP contribution in [0.25, 0.3) is 5.65 Å². The summed E-state index contributed by atoms with van der Waals surface area (Å²) < 4.78 is 33.7. The fourth-order valence-corrected chi connectivity index (χ4v) is 5.50. The molecule has 0 spiro atoms. The Hall–Kier alpha value is -3.29. The molecule has 0 atom stereocenters. The molecule has 0 bridgehead atoms. The van der Waals surface area contributed by atoms with Crippen molar-refractivity contribution in [1.29, 1.82) is 0 Å². The van der Waals surface area contributed by atoms with Gasteiger partial charge in [0.15, 0.2) is 0 Å². The Kier molecular flexibility index (Phi) is 5.60. The van der Waals surface area contributed by atoms with E-state index in [4.69, 9.17) is 4.74 Å². The van der Waals surface area contributed by atoms with Gasteiger partial charge in [0.2, 0.25) is 21.5 Å². The Bertz CT molecular complexity index is 1260. The molecule has 33 heavy (non-hydrogen) atoms. The monoisotopic (exact) mass is 473 g/mol. The van der Waals surface area contributed by atoms with Gasteiger partial charge in [-0.25, -0.2) is 13.4 Å². The zero-order valence-electron chi connectivity index (χ0n) is 17.8. The minimum atomic E-state index is -3.59. The van der Waals surface area contributed by atoms with Crippen molar-refractivity contribution < 1.29 is 18.1 Å². The second kappa shape index (κ2) is 8.57. The number of rotatable bonds is 5. The summed E-state index contributed by atoms with van der Waals surface area (Å²) in [6.07, 6.45) is 3.02. The fraction of sp³-hybridized carbons (Fsp3) is 0.400. The van der Waals surface area contributed by atoms with Crippen LogP contribution in [0.1, 0.15) is 0 Å². The van der Waals surface area contributed by atoms with E-state index in [0.717, 1.165) is 0 Å². The molecule has 12 nitrogen and oxygen atoms in total. The number of nitrogens with zero attached hydrogens (tertiary/aromatic N) is 7. The second-order valence-corrected chi connectivity index (χ2v) is 9.73. The van der Waals surface area contributed by atoms with Gasteiger partial charge in [-0.3, -0.25) is 0 Å². The Morgan fingerprint density at radius 3 is 2.36 bits per heavy atom. The van der Waals surface area contributed by atoms with Gasteiger partial charge in [0.05, 0.1) is 19.4 Å². The van der Waals surface area contributed by atoms with Gasteiger partial charge in [0.1, 0.15) is 10.7 Å². The Balaban J connectivity index is 1.30.